The average Bonchev–Trinajstić information content (AvgIpc) is 2.84. The molecule has 3 rings (SSSR count). The van der Waals surface area contributed by atoms with Gasteiger partial charge in [-0.05, 0) is 83.9 Å². The summed E-state index contributed by atoms with van der Waals surface area (Å²) >= 11 is 3.47. The number of nitrogens with zero attached hydrogens (tertiary/aromatic N) is 1. The second kappa shape index (κ2) is 12.6. The number of methoxy groups -OCH3 is 1. The average molecular weight is 540 g/mol. The summed E-state index contributed by atoms with van der Waals surface area (Å²) in [5.74, 6) is 0.882. The maximum Gasteiger partial charge on any atom is 0.271 e. The zero-order valence-corrected chi connectivity index (χ0v) is 21.2. The van der Waals surface area contributed by atoms with Crippen LogP contribution >= 0.6 is 15.9 Å². The van der Waals surface area contributed by atoms with Crippen LogP contribution < -0.4 is 25.0 Å². The van der Waals surface area contributed by atoms with Crippen LogP contribution in [0.3, 0.4) is 0 Å². The lowest BCUT2D eigenvalue weighted by Crippen LogP contribution is -2.20. The summed E-state index contributed by atoms with van der Waals surface area (Å²) in [5, 5.41) is 6.79. The van der Waals surface area contributed by atoms with E-state index < -0.39 is 0 Å². The van der Waals surface area contributed by atoms with E-state index in [1.165, 1.54) is 6.21 Å². The molecule has 0 aliphatic rings. The first-order valence-electron chi connectivity index (χ1n) is 10.8. The Balaban J connectivity index is 1.64. The smallest absolute Gasteiger partial charge is 0.271 e. The van der Waals surface area contributed by atoms with E-state index in [9.17, 15) is 9.59 Å². The Morgan fingerprint density at radius 1 is 1.03 bits per heavy atom. The number of nitrogens with one attached hydrogen (secondary N) is 2. The van der Waals surface area contributed by atoms with Gasteiger partial charge in [0.1, 0.15) is 5.75 Å². The van der Waals surface area contributed by atoms with Gasteiger partial charge in [0.2, 0.25) is 0 Å². The predicted octanol–water partition coefficient (Wildman–Crippen LogP) is 4.95. The molecule has 0 saturated carbocycles. The highest BCUT2D eigenvalue weighted by molar-refractivity contribution is 9.10. The first-order chi connectivity index (χ1) is 16.9. The third-order valence-corrected chi connectivity index (χ3v) is 5.34. The molecule has 2 N–H and O–H groups in total. The summed E-state index contributed by atoms with van der Waals surface area (Å²) in [6.45, 7) is 3.97. The normalized spacial score (nSPS) is 10.6. The minimum atomic E-state index is -0.325. The standard InChI is InChI=1S/C26H26BrN3O5/c1-4-34-23-14-18(15-28-30-26(32)19-7-5-17(2)6-8-19)13-22(27)25(23)35-16-24(31)29-20-9-11-21(33-3)12-10-20/h5-15H,4,16H2,1-3H3,(H,29,31)(H,30,32)/b28-15+. The zero-order valence-electron chi connectivity index (χ0n) is 19.6. The molecule has 2 amide bonds. The first-order valence-corrected chi connectivity index (χ1v) is 11.6. The molecule has 0 saturated heterocycles. The fourth-order valence-electron chi connectivity index (χ4n) is 3.01. The van der Waals surface area contributed by atoms with Gasteiger partial charge in [-0.1, -0.05) is 17.7 Å². The van der Waals surface area contributed by atoms with Gasteiger partial charge in [-0.25, -0.2) is 5.43 Å². The topological polar surface area (TPSA) is 98.3 Å². The number of hydrogen-bond acceptors (Lipinski definition) is 6. The van der Waals surface area contributed by atoms with E-state index in [1.807, 2.05) is 26.0 Å². The highest BCUT2D eigenvalue weighted by Crippen LogP contribution is 2.36. The minimum absolute atomic E-state index is 0.218. The van der Waals surface area contributed by atoms with Gasteiger partial charge < -0.3 is 19.5 Å². The molecule has 182 valence electrons. The fraction of sp³-hybridized carbons (Fsp3) is 0.192. The van der Waals surface area contributed by atoms with Crippen molar-refractivity contribution in [1.82, 2.24) is 5.43 Å². The molecular formula is C26H26BrN3O5. The van der Waals surface area contributed by atoms with E-state index in [-0.39, 0.29) is 18.4 Å². The number of hydrogen-bond donors (Lipinski definition) is 2. The van der Waals surface area contributed by atoms with Crippen molar-refractivity contribution in [3.63, 3.8) is 0 Å². The lowest BCUT2D eigenvalue weighted by molar-refractivity contribution is -0.118. The number of rotatable bonds is 10. The quantitative estimate of drug-likeness (QED) is 0.280. The van der Waals surface area contributed by atoms with Gasteiger partial charge >= 0.3 is 0 Å². The number of aryl methyl sites for hydroxylation is 1. The maximum absolute atomic E-state index is 12.3. The van der Waals surface area contributed by atoms with Gasteiger partial charge in [-0.15, -0.1) is 0 Å². The lowest BCUT2D eigenvalue weighted by atomic mass is 10.1. The van der Waals surface area contributed by atoms with Crippen molar-refractivity contribution in [1.29, 1.82) is 0 Å². The summed E-state index contributed by atoms with van der Waals surface area (Å²) in [6, 6.07) is 17.6. The van der Waals surface area contributed by atoms with E-state index in [2.05, 4.69) is 31.8 Å². The number of benzene rings is 3. The molecule has 3 aromatic carbocycles. The van der Waals surface area contributed by atoms with Crippen molar-refractivity contribution in [2.24, 2.45) is 5.10 Å². The minimum Gasteiger partial charge on any atom is -0.497 e. The van der Waals surface area contributed by atoms with Crippen LogP contribution in [0.25, 0.3) is 0 Å². The Morgan fingerprint density at radius 3 is 2.40 bits per heavy atom. The Labute approximate surface area is 212 Å². The van der Waals surface area contributed by atoms with E-state index in [0.29, 0.717) is 45.1 Å². The third kappa shape index (κ3) is 7.58. The second-order valence-corrected chi connectivity index (χ2v) is 8.25. The Bertz CT molecular complexity index is 1190. The van der Waals surface area contributed by atoms with Gasteiger partial charge in [0.05, 0.1) is 24.4 Å². The van der Waals surface area contributed by atoms with Crippen molar-refractivity contribution >= 4 is 39.6 Å². The molecule has 0 heterocycles. The molecule has 0 aliphatic carbocycles. The number of hydrazone groups is 1. The van der Waals surface area contributed by atoms with E-state index in [0.717, 1.165) is 5.56 Å². The van der Waals surface area contributed by atoms with Crippen LogP contribution in [0, 0.1) is 6.92 Å². The van der Waals surface area contributed by atoms with Crippen molar-refractivity contribution in [2.75, 3.05) is 25.6 Å². The Hall–Kier alpha value is -3.85. The van der Waals surface area contributed by atoms with E-state index in [4.69, 9.17) is 14.2 Å². The SMILES string of the molecule is CCOc1cc(/C=N/NC(=O)c2ccc(C)cc2)cc(Br)c1OCC(=O)Nc1ccc(OC)cc1. The molecule has 0 bridgehead atoms. The highest BCUT2D eigenvalue weighted by Gasteiger charge is 2.14. The number of carbonyl (C=O) groups is 2. The molecule has 0 unspecified atom stereocenters. The highest BCUT2D eigenvalue weighted by atomic mass is 79.9. The van der Waals surface area contributed by atoms with E-state index in [1.54, 1.807) is 55.6 Å². The molecule has 0 atom stereocenters. The lowest BCUT2D eigenvalue weighted by Gasteiger charge is -2.14. The molecule has 0 fully saturated rings. The molecule has 0 spiro atoms. The van der Waals surface area contributed by atoms with Gasteiger partial charge in [-0.3, -0.25) is 9.59 Å². The van der Waals surface area contributed by atoms with E-state index >= 15 is 0 Å². The number of halogens is 1. The molecule has 3 aromatic rings. The maximum atomic E-state index is 12.3. The third-order valence-electron chi connectivity index (χ3n) is 4.75. The van der Waals surface area contributed by atoms with Crippen molar-refractivity contribution in [2.45, 2.75) is 13.8 Å². The molecule has 0 aliphatic heterocycles. The number of carbonyl (C=O) groups excluding carboxylic acids is 2. The van der Waals surface area contributed by atoms with Gasteiger partial charge in [0, 0.05) is 11.3 Å². The van der Waals surface area contributed by atoms with Crippen LogP contribution in [0.4, 0.5) is 5.69 Å². The van der Waals surface area contributed by atoms with Gasteiger partial charge in [0.25, 0.3) is 11.8 Å². The molecule has 9 heteroatoms. The van der Waals surface area contributed by atoms with Crippen LogP contribution in [0.15, 0.2) is 70.2 Å². The van der Waals surface area contributed by atoms with Gasteiger partial charge in [0.15, 0.2) is 18.1 Å². The summed E-state index contributed by atoms with van der Waals surface area (Å²) < 4.78 is 17.1. The monoisotopic (exact) mass is 539 g/mol. The van der Waals surface area contributed by atoms with Crippen LogP contribution in [-0.2, 0) is 4.79 Å². The summed E-state index contributed by atoms with van der Waals surface area (Å²) in [5.41, 5.74) is 5.38. The second-order valence-electron chi connectivity index (χ2n) is 7.39. The predicted molar refractivity (Wildman–Crippen MR) is 139 cm³/mol. The summed E-state index contributed by atoms with van der Waals surface area (Å²) in [4.78, 5) is 24.6. The molecule has 35 heavy (non-hydrogen) atoms. The molecule has 0 radical (unpaired) electrons. The molecular weight excluding hydrogens is 514 g/mol. The largest absolute Gasteiger partial charge is 0.497 e. The Morgan fingerprint density at radius 2 is 1.74 bits per heavy atom. The summed E-state index contributed by atoms with van der Waals surface area (Å²) in [7, 11) is 1.58. The first kappa shape index (κ1) is 25.8. The van der Waals surface area contributed by atoms with Crippen LogP contribution in [0.1, 0.15) is 28.4 Å². The van der Waals surface area contributed by atoms with Crippen molar-refractivity contribution in [3.8, 4) is 17.2 Å². The van der Waals surface area contributed by atoms with Crippen molar-refractivity contribution in [3.05, 3.63) is 81.8 Å². The van der Waals surface area contributed by atoms with Crippen LogP contribution in [0.5, 0.6) is 17.2 Å². The number of anilines is 1. The zero-order chi connectivity index (χ0) is 25.2. The number of amides is 2. The molecule has 0 aromatic heterocycles. The molecule has 8 nitrogen and oxygen atoms in total. The van der Waals surface area contributed by atoms with Crippen LogP contribution in [0.2, 0.25) is 0 Å². The fourth-order valence-corrected chi connectivity index (χ4v) is 3.58. The summed E-state index contributed by atoms with van der Waals surface area (Å²) in [6.07, 6.45) is 1.50. The Kier molecular flexibility index (Phi) is 9.25. The van der Waals surface area contributed by atoms with Crippen LogP contribution in [-0.4, -0.2) is 38.4 Å². The number of ether oxygens (including phenoxy) is 3. The van der Waals surface area contributed by atoms with Gasteiger partial charge in [-0.2, -0.15) is 5.10 Å². The van der Waals surface area contributed by atoms with Crippen molar-refractivity contribution < 1.29 is 23.8 Å².